The quantitative estimate of drug-likeness (QED) is 0.201. The van der Waals surface area contributed by atoms with Crippen molar-refractivity contribution >= 4 is 27.8 Å². The molecule has 0 aromatic heterocycles. The number of nitrogens with zero attached hydrogens (tertiary/aromatic N) is 1. The SMILES string of the molecule is CC1(C)c2ccccc2-c2c(N(c3ccc(-c4cccc(-c5ccccc5)c4)cc3)c3ccc4ccccc4c3)cccc21. The summed E-state index contributed by atoms with van der Waals surface area (Å²) in [6.07, 6.45) is 0. The fraction of sp³-hybridized carbons (Fsp3) is 0.0698. The van der Waals surface area contributed by atoms with Gasteiger partial charge in [-0.3, -0.25) is 0 Å². The highest BCUT2D eigenvalue weighted by Crippen LogP contribution is 2.54. The van der Waals surface area contributed by atoms with Gasteiger partial charge in [0.1, 0.15) is 0 Å². The highest BCUT2D eigenvalue weighted by atomic mass is 15.1. The van der Waals surface area contributed by atoms with Crippen molar-refractivity contribution in [1.82, 2.24) is 0 Å². The molecular weight excluding hydrogens is 530 g/mol. The molecule has 0 atom stereocenters. The molecule has 1 aliphatic carbocycles. The van der Waals surface area contributed by atoms with Crippen molar-refractivity contribution in [2.75, 3.05) is 4.90 Å². The van der Waals surface area contributed by atoms with E-state index < -0.39 is 0 Å². The van der Waals surface area contributed by atoms with Gasteiger partial charge in [-0.05, 0) is 86.1 Å². The van der Waals surface area contributed by atoms with Crippen LogP contribution in [0.25, 0.3) is 44.2 Å². The largest absolute Gasteiger partial charge is 0.310 e. The normalized spacial score (nSPS) is 13.0. The number of rotatable bonds is 5. The minimum absolute atomic E-state index is 0.0649. The lowest BCUT2D eigenvalue weighted by atomic mass is 9.82. The van der Waals surface area contributed by atoms with Crippen molar-refractivity contribution in [2.45, 2.75) is 19.3 Å². The van der Waals surface area contributed by atoms with Crippen LogP contribution in [-0.4, -0.2) is 0 Å². The van der Waals surface area contributed by atoms with E-state index in [1.54, 1.807) is 0 Å². The highest BCUT2D eigenvalue weighted by Gasteiger charge is 2.37. The molecule has 0 radical (unpaired) electrons. The van der Waals surface area contributed by atoms with Crippen molar-refractivity contribution in [3.63, 3.8) is 0 Å². The number of hydrogen-bond donors (Lipinski definition) is 0. The second kappa shape index (κ2) is 10.4. The van der Waals surface area contributed by atoms with E-state index in [0.717, 1.165) is 11.4 Å². The molecule has 0 saturated heterocycles. The van der Waals surface area contributed by atoms with Crippen LogP contribution in [0.4, 0.5) is 17.1 Å². The van der Waals surface area contributed by atoms with Crippen LogP contribution in [0.5, 0.6) is 0 Å². The van der Waals surface area contributed by atoms with E-state index in [4.69, 9.17) is 0 Å². The van der Waals surface area contributed by atoms with Crippen LogP contribution in [0.15, 0.2) is 164 Å². The summed E-state index contributed by atoms with van der Waals surface area (Å²) >= 11 is 0. The Labute approximate surface area is 259 Å². The van der Waals surface area contributed by atoms with E-state index in [-0.39, 0.29) is 5.41 Å². The summed E-state index contributed by atoms with van der Waals surface area (Å²) in [6.45, 7) is 4.69. The first-order valence-electron chi connectivity index (χ1n) is 15.4. The van der Waals surface area contributed by atoms with Crippen LogP contribution in [0.2, 0.25) is 0 Å². The van der Waals surface area contributed by atoms with Gasteiger partial charge in [0.05, 0.1) is 5.69 Å². The predicted octanol–water partition coefficient (Wildman–Crippen LogP) is 11.9. The zero-order valence-corrected chi connectivity index (χ0v) is 25.0. The average Bonchev–Trinajstić information content (AvgIpc) is 3.32. The summed E-state index contributed by atoms with van der Waals surface area (Å²) in [5, 5.41) is 2.48. The Kier molecular flexibility index (Phi) is 6.20. The average molecular weight is 564 g/mol. The van der Waals surface area contributed by atoms with Crippen LogP contribution in [0.3, 0.4) is 0 Å². The minimum atomic E-state index is -0.0649. The molecule has 0 fully saturated rings. The summed E-state index contributed by atoms with van der Waals surface area (Å²) in [7, 11) is 0. The molecule has 1 nitrogen and oxygen atoms in total. The van der Waals surface area contributed by atoms with Gasteiger partial charge in [0.15, 0.2) is 0 Å². The maximum Gasteiger partial charge on any atom is 0.0543 e. The van der Waals surface area contributed by atoms with Crippen LogP contribution in [-0.2, 0) is 5.41 Å². The third-order valence-electron chi connectivity index (χ3n) is 9.25. The van der Waals surface area contributed by atoms with Crippen molar-refractivity contribution in [3.8, 4) is 33.4 Å². The standard InChI is InChI=1S/C43H33N/c1-43(2)39-19-9-8-18-38(39)42-40(43)20-11-21-41(42)44(37-27-24-31-14-6-7-15-35(31)29-37)36-25-22-32(23-26-36)34-17-10-16-33(28-34)30-12-4-3-5-13-30/h3-29H,1-2H3. The van der Waals surface area contributed by atoms with Gasteiger partial charge in [0.2, 0.25) is 0 Å². The van der Waals surface area contributed by atoms with E-state index in [1.165, 1.54) is 61.0 Å². The Hall–Kier alpha value is -5.40. The van der Waals surface area contributed by atoms with E-state index in [2.05, 4.69) is 183 Å². The van der Waals surface area contributed by atoms with Gasteiger partial charge in [0.25, 0.3) is 0 Å². The number of anilines is 3. The molecule has 7 aromatic rings. The Morgan fingerprint density at radius 3 is 1.80 bits per heavy atom. The molecule has 0 spiro atoms. The number of hydrogen-bond acceptors (Lipinski definition) is 1. The molecule has 0 heterocycles. The molecule has 0 unspecified atom stereocenters. The molecule has 44 heavy (non-hydrogen) atoms. The Morgan fingerprint density at radius 2 is 1.00 bits per heavy atom. The molecule has 0 aliphatic heterocycles. The maximum absolute atomic E-state index is 2.44. The molecule has 7 aromatic carbocycles. The van der Waals surface area contributed by atoms with Crippen LogP contribution in [0, 0.1) is 0 Å². The monoisotopic (exact) mass is 563 g/mol. The van der Waals surface area contributed by atoms with Gasteiger partial charge in [0, 0.05) is 22.4 Å². The molecule has 8 rings (SSSR count). The molecule has 0 bridgehead atoms. The molecule has 0 amide bonds. The van der Waals surface area contributed by atoms with Gasteiger partial charge in [-0.2, -0.15) is 0 Å². The first kappa shape index (κ1) is 26.2. The maximum atomic E-state index is 2.44. The summed E-state index contributed by atoms with van der Waals surface area (Å²) in [6, 6.07) is 59.6. The summed E-state index contributed by atoms with van der Waals surface area (Å²) < 4.78 is 0. The van der Waals surface area contributed by atoms with Crippen LogP contribution >= 0.6 is 0 Å². The van der Waals surface area contributed by atoms with E-state index >= 15 is 0 Å². The van der Waals surface area contributed by atoms with Gasteiger partial charge in [-0.25, -0.2) is 0 Å². The second-order valence-electron chi connectivity index (χ2n) is 12.2. The van der Waals surface area contributed by atoms with Crippen LogP contribution < -0.4 is 4.90 Å². The molecule has 1 heteroatoms. The third kappa shape index (κ3) is 4.32. The Bertz CT molecular complexity index is 2140. The zero-order chi connectivity index (χ0) is 29.7. The van der Waals surface area contributed by atoms with Crippen molar-refractivity contribution < 1.29 is 0 Å². The van der Waals surface area contributed by atoms with E-state index in [9.17, 15) is 0 Å². The molecule has 1 aliphatic rings. The summed E-state index contributed by atoms with van der Waals surface area (Å²) in [4.78, 5) is 2.44. The third-order valence-corrected chi connectivity index (χ3v) is 9.25. The highest BCUT2D eigenvalue weighted by molar-refractivity contribution is 5.97. The first-order chi connectivity index (χ1) is 21.6. The lowest BCUT2D eigenvalue weighted by molar-refractivity contribution is 0.660. The summed E-state index contributed by atoms with van der Waals surface area (Å²) in [5.74, 6) is 0. The van der Waals surface area contributed by atoms with Crippen molar-refractivity contribution in [3.05, 3.63) is 175 Å². The smallest absolute Gasteiger partial charge is 0.0543 e. The molecule has 0 saturated carbocycles. The molecule has 0 N–H and O–H groups in total. The Morgan fingerprint density at radius 1 is 0.409 bits per heavy atom. The lowest BCUT2D eigenvalue weighted by Crippen LogP contribution is -2.16. The van der Waals surface area contributed by atoms with Gasteiger partial charge < -0.3 is 4.90 Å². The van der Waals surface area contributed by atoms with Crippen LogP contribution in [0.1, 0.15) is 25.0 Å². The number of fused-ring (bicyclic) bond motifs is 4. The topological polar surface area (TPSA) is 3.24 Å². The fourth-order valence-electron chi connectivity index (χ4n) is 6.98. The van der Waals surface area contributed by atoms with Gasteiger partial charge in [-0.15, -0.1) is 0 Å². The minimum Gasteiger partial charge on any atom is -0.310 e. The summed E-state index contributed by atoms with van der Waals surface area (Å²) in [5.41, 5.74) is 13.7. The lowest BCUT2D eigenvalue weighted by Gasteiger charge is -2.29. The second-order valence-corrected chi connectivity index (χ2v) is 12.2. The van der Waals surface area contributed by atoms with E-state index in [1.807, 2.05) is 0 Å². The fourth-order valence-corrected chi connectivity index (χ4v) is 6.98. The number of benzene rings is 7. The van der Waals surface area contributed by atoms with Crippen molar-refractivity contribution in [2.24, 2.45) is 0 Å². The molecule has 210 valence electrons. The van der Waals surface area contributed by atoms with Gasteiger partial charge >= 0.3 is 0 Å². The van der Waals surface area contributed by atoms with Gasteiger partial charge in [-0.1, -0.05) is 141 Å². The van der Waals surface area contributed by atoms with E-state index in [0.29, 0.717) is 0 Å². The first-order valence-corrected chi connectivity index (χ1v) is 15.4. The Balaban J connectivity index is 1.28. The molecular formula is C43H33N. The van der Waals surface area contributed by atoms with Crippen molar-refractivity contribution in [1.29, 1.82) is 0 Å². The predicted molar refractivity (Wildman–Crippen MR) is 187 cm³/mol. The zero-order valence-electron chi connectivity index (χ0n) is 25.0.